The molecule has 0 aliphatic heterocycles. The zero-order valence-corrected chi connectivity index (χ0v) is 19.9. The summed E-state index contributed by atoms with van der Waals surface area (Å²) in [5.41, 5.74) is 2.02. The van der Waals surface area contributed by atoms with E-state index in [0.717, 1.165) is 17.8 Å². The molecule has 1 amide bonds. The molecule has 2 aromatic heterocycles. The highest BCUT2D eigenvalue weighted by Gasteiger charge is 2.26. The summed E-state index contributed by atoms with van der Waals surface area (Å²) in [6, 6.07) is 13.0. The van der Waals surface area contributed by atoms with Crippen molar-refractivity contribution in [3.63, 3.8) is 0 Å². The van der Waals surface area contributed by atoms with E-state index in [1.807, 2.05) is 42.5 Å². The zero-order chi connectivity index (χ0) is 23.3. The number of carbonyl (C=O) groups excluding carboxylic acids is 2. The third-order valence-corrected chi connectivity index (χ3v) is 6.00. The van der Waals surface area contributed by atoms with Gasteiger partial charge in [-0.2, -0.15) is 0 Å². The molecule has 0 saturated heterocycles. The van der Waals surface area contributed by atoms with Gasteiger partial charge in [0.1, 0.15) is 9.71 Å². The van der Waals surface area contributed by atoms with Crippen LogP contribution in [-0.4, -0.2) is 49.6 Å². The van der Waals surface area contributed by atoms with Crippen molar-refractivity contribution in [1.82, 2.24) is 9.88 Å². The summed E-state index contributed by atoms with van der Waals surface area (Å²) >= 11 is 1.21. The van der Waals surface area contributed by atoms with Crippen LogP contribution in [0.25, 0.3) is 10.2 Å². The number of amides is 1. The Balaban J connectivity index is 1.94. The molecule has 3 rings (SSSR count). The van der Waals surface area contributed by atoms with Crippen LogP contribution < -0.4 is 5.32 Å². The monoisotopic (exact) mass is 455 g/mol. The summed E-state index contributed by atoms with van der Waals surface area (Å²) in [6.45, 7) is 6.00. The minimum atomic E-state index is -0.812. The summed E-state index contributed by atoms with van der Waals surface area (Å²) in [5.74, 6) is -0.337. The van der Waals surface area contributed by atoms with Crippen molar-refractivity contribution in [1.29, 1.82) is 0 Å². The van der Waals surface area contributed by atoms with Crippen LogP contribution >= 0.6 is 11.3 Å². The third-order valence-electron chi connectivity index (χ3n) is 4.92. The fourth-order valence-corrected chi connectivity index (χ4v) is 4.71. The van der Waals surface area contributed by atoms with Gasteiger partial charge in [0.2, 0.25) is 0 Å². The largest absolute Gasteiger partial charge is 0.465 e. The minimum Gasteiger partial charge on any atom is -0.465 e. The van der Waals surface area contributed by atoms with Gasteiger partial charge < -0.3 is 19.7 Å². The molecule has 1 N–H and O–H groups in total. The molecule has 0 radical (unpaired) electrons. The van der Waals surface area contributed by atoms with E-state index in [1.165, 1.54) is 25.6 Å². The maximum absolute atomic E-state index is 13.1. The number of hydrogen-bond acceptors (Lipinski definition) is 7. The van der Waals surface area contributed by atoms with E-state index in [1.54, 1.807) is 0 Å². The number of esters is 1. The number of thiophene rings is 1. The van der Waals surface area contributed by atoms with Crippen molar-refractivity contribution >= 4 is 39.1 Å². The molecule has 0 saturated carbocycles. The van der Waals surface area contributed by atoms with Crippen LogP contribution in [0.1, 0.15) is 40.9 Å². The number of nitrogens with zero attached hydrogens (tertiary/aromatic N) is 2. The van der Waals surface area contributed by atoms with Gasteiger partial charge in [-0.1, -0.05) is 44.2 Å². The zero-order valence-electron chi connectivity index (χ0n) is 19.0. The normalized spacial score (nSPS) is 12.3. The average Bonchev–Trinajstić information content (AvgIpc) is 3.11. The summed E-state index contributed by atoms with van der Waals surface area (Å²) in [4.78, 5) is 33.4. The average molecular weight is 456 g/mol. The summed E-state index contributed by atoms with van der Waals surface area (Å²) in [7, 11) is 4.85. The SMILES string of the molecule is COC(=O)c1sc2nc(CN(C)CC(C)C)ccc2c1NC(=O)C(OC)c1ccccc1. The van der Waals surface area contributed by atoms with Crippen LogP contribution in [0.5, 0.6) is 0 Å². The number of carbonyl (C=O) groups is 2. The van der Waals surface area contributed by atoms with E-state index >= 15 is 0 Å². The Bertz CT molecular complexity index is 1080. The first kappa shape index (κ1) is 23.8. The minimum absolute atomic E-state index is 0.305. The number of rotatable bonds is 9. The van der Waals surface area contributed by atoms with Crippen LogP contribution in [-0.2, 0) is 20.8 Å². The van der Waals surface area contributed by atoms with Crippen LogP contribution in [0.3, 0.4) is 0 Å². The second-order valence-electron chi connectivity index (χ2n) is 8.06. The number of nitrogens with one attached hydrogen (secondary N) is 1. The smallest absolute Gasteiger partial charge is 0.350 e. The molecule has 7 nitrogen and oxygen atoms in total. The Kier molecular flexibility index (Phi) is 7.95. The van der Waals surface area contributed by atoms with Crippen molar-refractivity contribution in [3.05, 3.63) is 58.6 Å². The lowest BCUT2D eigenvalue weighted by atomic mass is 10.1. The molecule has 0 bridgehead atoms. The number of anilines is 1. The van der Waals surface area contributed by atoms with E-state index < -0.39 is 12.1 Å². The Morgan fingerprint density at radius 2 is 1.84 bits per heavy atom. The van der Waals surface area contributed by atoms with Crippen LogP contribution in [0.4, 0.5) is 5.69 Å². The number of aromatic nitrogens is 1. The van der Waals surface area contributed by atoms with Gasteiger partial charge in [-0.25, -0.2) is 9.78 Å². The van der Waals surface area contributed by atoms with Crippen molar-refractivity contribution in [2.75, 3.05) is 33.1 Å². The molecule has 170 valence electrons. The Morgan fingerprint density at radius 3 is 2.47 bits per heavy atom. The summed E-state index contributed by atoms with van der Waals surface area (Å²) < 4.78 is 10.4. The molecular formula is C24H29N3O4S. The van der Waals surface area contributed by atoms with Gasteiger partial charge in [0.05, 0.1) is 18.5 Å². The van der Waals surface area contributed by atoms with Gasteiger partial charge in [-0.05, 0) is 30.7 Å². The third kappa shape index (κ3) is 5.51. The lowest BCUT2D eigenvalue weighted by Crippen LogP contribution is -2.23. The molecule has 1 unspecified atom stereocenters. The van der Waals surface area contributed by atoms with Crippen molar-refractivity contribution in [2.24, 2.45) is 5.92 Å². The number of fused-ring (bicyclic) bond motifs is 1. The Morgan fingerprint density at radius 1 is 1.12 bits per heavy atom. The number of benzene rings is 1. The molecule has 3 aromatic rings. The van der Waals surface area contributed by atoms with E-state index in [4.69, 9.17) is 14.5 Å². The Hall–Kier alpha value is -2.81. The quantitative estimate of drug-likeness (QED) is 0.479. The van der Waals surface area contributed by atoms with Crippen molar-refractivity contribution < 1.29 is 19.1 Å². The topological polar surface area (TPSA) is 80.8 Å². The van der Waals surface area contributed by atoms with Crippen LogP contribution in [0, 0.1) is 5.92 Å². The number of hydrogen-bond donors (Lipinski definition) is 1. The molecule has 0 aliphatic carbocycles. The molecule has 8 heteroatoms. The lowest BCUT2D eigenvalue weighted by molar-refractivity contribution is -0.126. The van der Waals surface area contributed by atoms with E-state index in [-0.39, 0.29) is 5.91 Å². The fourth-order valence-electron chi connectivity index (χ4n) is 3.64. The predicted octanol–water partition coefficient (Wildman–Crippen LogP) is 4.50. The van der Waals surface area contributed by atoms with E-state index in [2.05, 4.69) is 31.1 Å². The maximum Gasteiger partial charge on any atom is 0.350 e. The standard InChI is InChI=1S/C24H29N3O4S/c1-15(2)13-27(3)14-17-11-12-18-19(21(24(29)31-5)32-23(18)25-17)26-22(28)20(30-4)16-9-7-6-8-10-16/h6-12,15,20H,13-14H2,1-5H3,(H,26,28). The highest BCUT2D eigenvalue weighted by Crippen LogP contribution is 2.36. The van der Waals surface area contributed by atoms with Gasteiger partial charge in [0.25, 0.3) is 5.91 Å². The number of methoxy groups -OCH3 is 2. The van der Waals surface area contributed by atoms with Gasteiger partial charge in [0.15, 0.2) is 6.10 Å². The molecule has 1 atom stereocenters. The number of ether oxygens (including phenoxy) is 2. The van der Waals surface area contributed by atoms with Crippen LogP contribution in [0.2, 0.25) is 0 Å². The lowest BCUT2D eigenvalue weighted by Gasteiger charge is -2.18. The highest BCUT2D eigenvalue weighted by molar-refractivity contribution is 7.21. The van der Waals surface area contributed by atoms with Crippen molar-refractivity contribution in [3.8, 4) is 0 Å². The molecule has 2 heterocycles. The molecule has 32 heavy (non-hydrogen) atoms. The summed E-state index contributed by atoms with van der Waals surface area (Å²) in [6.07, 6.45) is -0.812. The van der Waals surface area contributed by atoms with Gasteiger partial charge in [-0.15, -0.1) is 11.3 Å². The van der Waals surface area contributed by atoms with Gasteiger partial charge in [0, 0.05) is 25.6 Å². The number of pyridine rings is 1. The van der Waals surface area contributed by atoms with Crippen molar-refractivity contribution in [2.45, 2.75) is 26.5 Å². The Labute approximate surface area is 192 Å². The second-order valence-corrected chi connectivity index (χ2v) is 9.06. The predicted molar refractivity (Wildman–Crippen MR) is 127 cm³/mol. The first-order chi connectivity index (χ1) is 15.3. The molecule has 0 fully saturated rings. The highest BCUT2D eigenvalue weighted by atomic mass is 32.1. The first-order valence-corrected chi connectivity index (χ1v) is 11.2. The van der Waals surface area contributed by atoms with E-state index in [9.17, 15) is 9.59 Å². The second kappa shape index (κ2) is 10.7. The van der Waals surface area contributed by atoms with Gasteiger partial charge >= 0.3 is 5.97 Å². The molecule has 1 aromatic carbocycles. The summed E-state index contributed by atoms with van der Waals surface area (Å²) in [5, 5.41) is 3.58. The fraction of sp³-hybridized carbons (Fsp3) is 0.375. The van der Waals surface area contributed by atoms with Crippen LogP contribution in [0.15, 0.2) is 42.5 Å². The van der Waals surface area contributed by atoms with Gasteiger partial charge in [-0.3, -0.25) is 4.79 Å². The molecule has 0 aliphatic rings. The first-order valence-electron chi connectivity index (χ1n) is 10.4. The van der Waals surface area contributed by atoms with E-state index in [0.29, 0.717) is 33.2 Å². The molecule has 0 spiro atoms. The maximum atomic E-state index is 13.1. The molecular weight excluding hydrogens is 426 g/mol.